The molecule has 1 aromatic carbocycles. The summed E-state index contributed by atoms with van der Waals surface area (Å²) >= 11 is 0. The molecule has 0 fully saturated rings. The third-order valence-electron chi connectivity index (χ3n) is 2.25. The molecule has 92 valence electrons. The number of likely N-dealkylation sites (N-methyl/N-ethyl adjacent to an activating group) is 1. The van der Waals surface area contributed by atoms with Gasteiger partial charge in [0.05, 0.1) is 12.7 Å². The van der Waals surface area contributed by atoms with Crippen LogP contribution in [0.5, 0.6) is 5.75 Å². The quantitative estimate of drug-likeness (QED) is 0.461. The van der Waals surface area contributed by atoms with Gasteiger partial charge >= 0.3 is 5.97 Å². The Morgan fingerprint density at radius 3 is 2.76 bits per heavy atom. The Bertz CT molecular complexity index is 401. The van der Waals surface area contributed by atoms with Gasteiger partial charge in [-0.05, 0) is 13.1 Å². The van der Waals surface area contributed by atoms with Gasteiger partial charge < -0.3 is 14.8 Å². The number of hydrogen-bond donors (Lipinski definition) is 1. The van der Waals surface area contributed by atoms with Crippen LogP contribution in [0.2, 0.25) is 0 Å². The van der Waals surface area contributed by atoms with Crippen molar-refractivity contribution in [1.82, 2.24) is 5.32 Å². The predicted octanol–water partition coefficient (Wildman–Crippen LogP) is 1.47. The average Bonchev–Trinajstić information content (AvgIpc) is 2.38. The number of methoxy groups -OCH3 is 1. The fourth-order valence-electron chi connectivity index (χ4n) is 1.34. The van der Waals surface area contributed by atoms with E-state index in [2.05, 4.69) is 16.6 Å². The molecule has 0 saturated carbocycles. The van der Waals surface area contributed by atoms with Crippen molar-refractivity contribution >= 4 is 11.5 Å². The van der Waals surface area contributed by atoms with E-state index in [0.29, 0.717) is 23.5 Å². The highest BCUT2D eigenvalue weighted by atomic mass is 16.5. The number of hydrogen-bond acceptors (Lipinski definition) is 4. The zero-order valence-corrected chi connectivity index (χ0v) is 10.2. The van der Waals surface area contributed by atoms with Gasteiger partial charge in [0.15, 0.2) is 0 Å². The highest BCUT2D eigenvalue weighted by Crippen LogP contribution is 2.25. The molecule has 17 heavy (non-hydrogen) atoms. The Hall–Kier alpha value is -1.81. The van der Waals surface area contributed by atoms with Crippen molar-refractivity contribution in [2.24, 2.45) is 0 Å². The number of carbonyl (C=O) groups excluding carboxylic acids is 1. The molecule has 4 heteroatoms. The van der Waals surface area contributed by atoms with Crippen LogP contribution >= 0.6 is 0 Å². The fraction of sp³-hybridized carbons (Fsp3) is 0.308. The van der Waals surface area contributed by atoms with Crippen LogP contribution in [0.25, 0.3) is 5.57 Å². The zero-order chi connectivity index (χ0) is 12.7. The molecule has 0 amide bonds. The van der Waals surface area contributed by atoms with Gasteiger partial charge in [0.1, 0.15) is 12.4 Å². The third-order valence-corrected chi connectivity index (χ3v) is 2.25. The highest BCUT2D eigenvalue weighted by Gasteiger charge is 2.13. The molecule has 0 aliphatic carbocycles. The Kier molecular flexibility index (Phi) is 5.23. The van der Waals surface area contributed by atoms with E-state index in [-0.39, 0.29) is 0 Å². The molecule has 0 aromatic heterocycles. The molecular formula is C13H17NO3. The fourth-order valence-corrected chi connectivity index (χ4v) is 1.34. The lowest BCUT2D eigenvalue weighted by molar-refractivity contribution is -0.133. The number of rotatable bonds is 6. The lowest BCUT2D eigenvalue weighted by atomic mass is 10.1. The number of benzene rings is 1. The van der Waals surface area contributed by atoms with Crippen molar-refractivity contribution in [3.05, 3.63) is 36.4 Å². The van der Waals surface area contributed by atoms with Gasteiger partial charge in [-0.15, -0.1) is 0 Å². The molecule has 0 unspecified atom stereocenters. The first-order valence-electron chi connectivity index (χ1n) is 5.34. The molecule has 0 aliphatic heterocycles. The minimum atomic E-state index is -0.449. The summed E-state index contributed by atoms with van der Waals surface area (Å²) in [7, 11) is 3.18. The van der Waals surface area contributed by atoms with Crippen LogP contribution in [0.1, 0.15) is 5.56 Å². The van der Waals surface area contributed by atoms with Gasteiger partial charge in [-0.2, -0.15) is 0 Å². The van der Waals surface area contributed by atoms with Crippen LogP contribution in [-0.2, 0) is 9.53 Å². The molecule has 0 aliphatic rings. The summed E-state index contributed by atoms with van der Waals surface area (Å²) < 4.78 is 10.2. The maximum atomic E-state index is 11.4. The standard InChI is InChI=1S/C13H17NO3/c1-10(13(15)16-3)11-6-4-5-7-12(11)17-9-8-14-2/h4-7,14H,1,8-9H2,2-3H3. The average molecular weight is 235 g/mol. The molecule has 1 rings (SSSR count). The summed E-state index contributed by atoms with van der Waals surface area (Å²) in [5, 5.41) is 2.98. The topological polar surface area (TPSA) is 47.6 Å². The van der Waals surface area contributed by atoms with E-state index in [4.69, 9.17) is 4.74 Å². The second-order valence-corrected chi connectivity index (χ2v) is 3.42. The van der Waals surface area contributed by atoms with Crippen molar-refractivity contribution < 1.29 is 14.3 Å². The number of carbonyl (C=O) groups is 1. The van der Waals surface area contributed by atoms with E-state index >= 15 is 0 Å². The first-order valence-corrected chi connectivity index (χ1v) is 5.34. The van der Waals surface area contributed by atoms with Gasteiger partial charge in [0, 0.05) is 12.1 Å². The van der Waals surface area contributed by atoms with E-state index in [0.717, 1.165) is 6.54 Å². The molecule has 1 N–H and O–H groups in total. The summed E-state index contributed by atoms with van der Waals surface area (Å²) in [5.41, 5.74) is 0.961. The van der Waals surface area contributed by atoms with E-state index in [1.807, 2.05) is 19.2 Å². The van der Waals surface area contributed by atoms with Gasteiger partial charge in [-0.1, -0.05) is 24.8 Å². The molecular weight excluding hydrogens is 218 g/mol. The minimum Gasteiger partial charge on any atom is -0.492 e. The van der Waals surface area contributed by atoms with Crippen molar-refractivity contribution in [1.29, 1.82) is 0 Å². The van der Waals surface area contributed by atoms with E-state index in [1.54, 1.807) is 12.1 Å². The summed E-state index contributed by atoms with van der Waals surface area (Å²) in [6, 6.07) is 7.27. The summed E-state index contributed by atoms with van der Waals surface area (Å²) in [4.78, 5) is 11.4. The molecule has 0 spiro atoms. The van der Waals surface area contributed by atoms with Crippen molar-refractivity contribution in [3.63, 3.8) is 0 Å². The third kappa shape index (κ3) is 3.60. The second kappa shape index (κ2) is 6.70. The lowest BCUT2D eigenvalue weighted by Crippen LogP contribution is -2.16. The SMILES string of the molecule is C=C(C(=O)OC)c1ccccc1OCCNC. The molecule has 4 nitrogen and oxygen atoms in total. The van der Waals surface area contributed by atoms with Crippen LogP contribution in [-0.4, -0.2) is 33.3 Å². The first-order chi connectivity index (χ1) is 8.20. The normalized spacial score (nSPS) is 9.76. The summed E-state index contributed by atoms with van der Waals surface area (Å²) in [6.45, 7) is 4.98. The van der Waals surface area contributed by atoms with Crippen LogP contribution in [0, 0.1) is 0 Å². The predicted molar refractivity (Wildman–Crippen MR) is 66.9 cm³/mol. The van der Waals surface area contributed by atoms with Crippen LogP contribution < -0.4 is 10.1 Å². The van der Waals surface area contributed by atoms with Gasteiger partial charge in [0.25, 0.3) is 0 Å². The van der Waals surface area contributed by atoms with Crippen molar-refractivity contribution in [2.75, 3.05) is 27.3 Å². The smallest absolute Gasteiger partial charge is 0.337 e. The van der Waals surface area contributed by atoms with Gasteiger partial charge in [0.2, 0.25) is 0 Å². The molecule has 1 aromatic rings. The lowest BCUT2D eigenvalue weighted by Gasteiger charge is -2.11. The van der Waals surface area contributed by atoms with E-state index < -0.39 is 5.97 Å². The Morgan fingerprint density at radius 1 is 1.41 bits per heavy atom. The number of para-hydroxylation sites is 1. The molecule has 0 heterocycles. The molecule has 0 radical (unpaired) electrons. The Balaban J connectivity index is 2.84. The van der Waals surface area contributed by atoms with E-state index in [1.165, 1.54) is 7.11 Å². The van der Waals surface area contributed by atoms with E-state index in [9.17, 15) is 4.79 Å². The Morgan fingerprint density at radius 2 is 2.12 bits per heavy atom. The summed E-state index contributed by atoms with van der Waals surface area (Å²) in [5.74, 6) is 0.188. The van der Waals surface area contributed by atoms with Gasteiger partial charge in [-0.3, -0.25) is 0 Å². The maximum absolute atomic E-state index is 11.4. The van der Waals surface area contributed by atoms with Crippen molar-refractivity contribution in [3.8, 4) is 5.75 Å². The monoisotopic (exact) mass is 235 g/mol. The molecule has 0 atom stereocenters. The number of esters is 1. The van der Waals surface area contributed by atoms with Crippen LogP contribution in [0.15, 0.2) is 30.8 Å². The maximum Gasteiger partial charge on any atom is 0.337 e. The minimum absolute atomic E-state index is 0.299. The highest BCUT2D eigenvalue weighted by molar-refractivity contribution is 6.16. The zero-order valence-electron chi connectivity index (χ0n) is 10.2. The first kappa shape index (κ1) is 13.3. The Labute approximate surface area is 101 Å². The second-order valence-electron chi connectivity index (χ2n) is 3.42. The van der Waals surface area contributed by atoms with Crippen LogP contribution in [0.3, 0.4) is 0 Å². The largest absolute Gasteiger partial charge is 0.492 e. The number of ether oxygens (including phenoxy) is 2. The van der Waals surface area contributed by atoms with Gasteiger partial charge in [-0.25, -0.2) is 4.79 Å². The van der Waals surface area contributed by atoms with Crippen molar-refractivity contribution in [2.45, 2.75) is 0 Å². The summed E-state index contributed by atoms with van der Waals surface area (Å²) in [6.07, 6.45) is 0. The number of nitrogens with one attached hydrogen (secondary N) is 1. The molecule has 0 bridgehead atoms. The van der Waals surface area contributed by atoms with Crippen LogP contribution in [0.4, 0.5) is 0 Å². The molecule has 0 saturated heterocycles.